The summed E-state index contributed by atoms with van der Waals surface area (Å²) in [6.07, 6.45) is 11.2. The normalized spacial score (nSPS) is 13.5. The van der Waals surface area contributed by atoms with E-state index in [2.05, 4.69) is 107 Å². The molecule has 7 heteroatoms. The molecule has 0 atom stereocenters. The van der Waals surface area contributed by atoms with E-state index in [1.807, 2.05) is 0 Å². The van der Waals surface area contributed by atoms with Crippen molar-refractivity contribution in [3.05, 3.63) is 24.3 Å². The average molecular weight is 638 g/mol. The van der Waals surface area contributed by atoms with Crippen molar-refractivity contribution >= 4 is 34.9 Å². The molecule has 0 rings (SSSR count). The van der Waals surface area contributed by atoms with Crippen molar-refractivity contribution in [2.24, 2.45) is 0 Å². The molecule has 0 aliphatic carbocycles. The quantitative estimate of drug-likeness (QED) is 0.150. The first-order valence-corrected chi connectivity index (χ1v) is 18.5. The summed E-state index contributed by atoms with van der Waals surface area (Å²) >= 11 is -0.106. The molecule has 0 aromatic carbocycles. The maximum atomic E-state index is 5.02. The topological polar surface area (TPSA) is 18.5 Å². The molecule has 0 aliphatic rings. The van der Waals surface area contributed by atoms with Crippen LogP contribution in [0, 0.1) is 0 Å². The van der Waals surface area contributed by atoms with Gasteiger partial charge in [0.15, 0.2) is 0 Å². The van der Waals surface area contributed by atoms with Crippen molar-refractivity contribution < 1.29 is 25.4 Å². The Labute approximate surface area is 227 Å². The number of rotatable bonds is 8. The van der Waals surface area contributed by atoms with Gasteiger partial charge in [0.25, 0.3) is 0 Å². The molecule has 0 radical (unpaired) electrons. The van der Waals surface area contributed by atoms with Crippen LogP contribution in [-0.2, 0) is 25.4 Å². The van der Waals surface area contributed by atoms with Crippen LogP contribution in [-0.4, -0.2) is 60.4 Å². The zero-order chi connectivity index (χ0) is 26.9. The van der Waals surface area contributed by atoms with Crippen LogP contribution >= 0.6 is 34.9 Å². The van der Waals surface area contributed by atoms with Gasteiger partial charge in [0.2, 0.25) is 0 Å². The predicted octanol–water partition coefficient (Wildman–Crippen LogP) is 9.91. The maximum absolute atomic E-state index is 5.02. The summed E-state index contributed by atoms with van der Waals surface area (Å²) in [6, 6.07) is 0. The molecule has 0 aliphatic heterocycles. The Kier molecular flexibility index (Phi) is 23.2. The average Bonchev–Trinajstić information content (AvgIpc) is 2.58. The second-order valence-corrected chi connectivity index (χ2v) is 22.0. The van der Waals surface area contributed by atoms with E-state index in [1.54, 1.807) is 14.2 Å². The summed E-state index contributed by atoms with van der Waals surface area (Å²) in [6.45, 7) is 29.7. The Bertz CT molecular complexity index is 440. The fourth-order valence-corrected chi connectivity index (χ4v) is 10.7. The van der Waals surface area contributed by atoms with Gasteiger partial charge < -0.3 is 9.47 Å². The van der Waals surface area contributed by atoms with E-state index in [0.717, 1.165) is 13.2 Å². The molecule has 0 unspecified atom stereocenters. The van der Waals surface area contributed by atoms with E-state index in [-0.39, 0.29) is 31.8 Å². The van der Waals surface area contributed by atoms with Crippen LogP contribution in [0.4, 0.5) is 0 Å². The Morgan fingerprint density at radius 1 is 0.545 bits per heavy atom. The molecule has 0 saturated carbocycles. The molecule has 0 amide bonds. The molecule has 33 heavy (non-hydrogen) atoms. The van der Waals surface area contributed by atoms with E-state index >= 15 is 0 Å². The van der Waals surface area contributed by atoms with Crippen molar-refractivity contribution in [1.29, 1.82) is 0 Å². The van der Waals surface area contributed by atoms with Crippen LogP contribution in [0.1, 0.15) is 83.1 Å². The van der Waals surface area contributed by atoms with Gasteiger partial charge >= 0.3 is 35.0 Å². The number of hydrogen-bond donors (Lipinski definition) is 0. The number of halogens is 2. The number of hydrogen-bond acceptors (Lipinski definition) is 2. The van der Waals surface area contributed by atoms with Crippen LogP contribution in [0.2, 0.25) is 0 Å². The molecule has 0 saturated heterocycles. The minimum absolute atomic E-state index is 0.00173. The van der Waals surface area contributed by atoms with Crippen LogP contribution in [0.3, 0.4) is 0 Å². The molecule has 0 fully saturated rings. The first-order valence-electron chi connectivity index (χ1n) is 11.5. The summed E-state index contributed by atoms with van der Waals surface area (Å²) < 4.78 is 10.0. The molecule has 2 nitrogen and oxygen atoms in total. The third-order valence-electron chi connectivity index (χ3n) is 4.67. The van der Waals surface area contributed by atoms with E-state index < -0.39 is 0 Å². The third-order valence-corrected chi connectivity index (χ3v) is 12.3. The molecule has 0 spiro atoms. The fraction of sp³-hybridized carbons (Fsp3) is 0.846. The number of allylic oxidation sites excluding steroid dienone is 2. The van der Waals surface area contributed by atoms with Crippen molar-refractivity contribution in [2.75, 3.05) is 39.8 Å². The Morgan fingerprint density at radius 2 is 0.758 bits per heavy atom. The Morgan fingerprint density at radius 3 is 0.909 bits per heavy atom. The molecular weight excluding hydrogens is 584 g/mol. The van der Waals surface area contributed by atoms with Gasteiger partial charge in [-0.3, -0.25) is 0 Å². The summed E-state index contributed by atoms with van der Waals surface area (Å²) in [5.74, 6) is 0. The second-order valence-electron chi connectivity index (χ2n) is 11.8. The Balaban J connectivity index is -0.000000487. The van der Waals surface area contributed by atoms with Gasteiger partial charge in [0, 0.05) is 14.2 Å². The third kappa shape index (κ3) is 23.6. The monoisotopic (exact) mass is 636 g/mol. The van der Waals surface area contributed by atoms with E-state index in [9.17, 15) is 0 Å². The van der Waals surface area contributed by atoms with Crippen LogP contribution in [0.5, 0.6) is 0 Å². The van der Waals surface area contributed by atoms with Gasteiger partial charge in [-0.25, -0.2) is 0 Å². The number of methoxy groups -OCH3 is 2. The van der Waals surface area contributed by atoms with E-state index in [0.29, 0.717) is 20.6 Å². The standard InChI is InChI=1S/2C13H27OP.2ClH.Pd/c2*1-12(2,3)15(13(4,5)6)11-9-8-10-14-7;;;/h2*8-9H,10-11H2,1-7H3;2*1H;/q;;;;+2/p-2. The van der Waals surface area contributed by atoms with Crippen LogP contribution in [0.25, 0.3) is 0 Å². The first kappa shape index (κ1) is 39.0. The molecular formula is C26H54Cl2O2P2Pd. The summed E-state index contributed by atoms with van der Waals surface area (Å²) in [5, 5.41) is 1.69. The zero-order valence-corrected chi connectivity index (χ0v) is 28.8. The molecule has 0 aromatic heterocycles. The molecule has 0 aromatic rings. The molecule has 0 heterocycles. The van der Waals surface area contributed by atoms with Gasteiger partial charge in [-0.05, 0) is 32.9 Å². The minimum atomic E-state index is -0.106. The van der Waals surface area contributed by atoms with Gasteiger partial charge in [-0.1, -0.05) is 123 Å². The number of ether oxygens (including phenoxy) is 2. The summed E-state index contributed by atoms with van der Waals surface area (Å²) in [4.78, 5) is 0. The molecule has 0 bridgehead atoms. The van der Waals surface area contributed by atoms with Crippen molar-refractivity contribution in [2.45, 2.75) is 104 Å². The predicted molar refractivity (Wildman–Crippen MR) is 156 cm³/mol. The van der Waals surface area contributed by atoms with Crippen molar-refractivity contribution in [3.63, 3.8) is 0 Å². The second kappa shape index (κ2) is 19.6. The van der Waals surface area contributed by atoms with Gasteiger partial charge in [-0.2, -0.15) is 0 Å². The van der Waals surface area contributed by atoms with E-state index in [4.69, 9.17) is 28.5 Å². The van der Waals surface area contributed by atoms with Crippen molar-refractivity contribution in [3.8, 4) is 0 Å². The van der Waals surface area contributed by atoms with Crippen LogP contribution < -0.4 is 0 Å². The van der Waals surface area contributed by atoms with Crippen molar-refractivity contribution in [1.82, 2.24) is 0 Å². The van der Waals surface area contributed by atoms with Gasteiger partial charge in [-0.15, -0.1) is 0 Å². The SMILES string of the molecule is COCC=CCP(C(C)(C)C)C(C)(C)C.COCC=CCP(C(C)(C)C)C(C)(C)C.[Cl][Pd][Cl]. The first-order chi connectivity index (χ1) is 14.8. The molecule has 0 N–H and O–H groups in total. The van der Waals surface area contributed by atoms with Crippen LogP contribution in [0.15, 0.2) is 24.3 Å². The fourth-order valence-electron chi connectivity index (χ4n) is 3.80. The van der Waals surface area contributed by atoms with Gasteiger partial charge in [0.05, 0.1) is 13.2 Å². The molecule has 204 valence electrons. The Hall–Kier alpha value is 1.50. The zero-order valence-electron chi connectivity index (χ0n) is 23.9. The summed E-state index contributed by atoms with van der Waals surface area (Å²) in [5.41, 5.74) is 0. The van der Waals surface area contributed by atoms with E-state index in [1.165, 1.54) is 12.3 Å². The summed E-state index contributed by atoms with van der Waals surface area (Å²) in [7, 11) is 13.1. The van der Waals surface area contributed by atoms with Gasteiger partial charge in [0.1, 0.15) is 0 Å².